The number of carbonyl (C=O) groups excluding carboxylic acids is 1. The average Bonchev–Trinajstić information content (AvgIpc) is 2.97. The van der Waals surface area contributed by atoms with Crippen LogP contribution in [0.5, 0.6) is 0 Å². The Morgan fingerprint density at radius 3 is 2.62 bits per heavy atom. The van der Waals surface area contributed by atoms with Crippen molar-refractivity contribution in [3.05, 3.63) is 18.7 Å². The van der Waals surface area contributed by atoms with Crippen molar-refractivity contribution in [1.29, 1.82) is 0 Å². The van der Waals surface area contributed by atoms with Crippen LogP contribution < -0.4 is 0 Å². The first kappa shape index (κ1) is 15.9. The fraction of sp³-hybridized carbons (Fsp3) is 0.692. The minimum atomic E-state index is -1.34. The van der Waals surface area contributed by atoms with Crippen LogP contribution in [0.25, 0.3) is 0 Å². The molecule has 1 aliphatic rings. The summed E-state index contributed by atoms with van der Waals surface area (Å²) in [5.74, 6) is -0.0611. The monoisotopic (exact) mass is 300 g/mol. The summed E-state index contributed by atoms with van der Waals surface area (Å²) in [6.45, 7) is 3.42. The van der Waals surface area contributed by atoms with Crippen LogP contribution in [0, 0.1) is 5.92 Å². The third-order valence-electron chi connectivity index (χ3n) is 3.49. The van der Waals surface area contributed by atoms with E-state index in [0.717, 1.165) is 4.57 Å². The Morgan fingerprint density at radius 1 is 1.33 bits per heavy atom. The highest BCUT2D eigenvalue weighted by molar-refractivity contribution is 5.69. The number of rotatable bonds is 3. The van der Waals surface area contributed by atoms with Crippen molar-refractivity contribution < 1.29 is 29.6 Å². The topological polar surface area (TPSA) is 114 Å². The molecule has 118 valence electrons. The van der Waals surface area contributed by atoms with E-state index in [9.17, 15) is 20.1 Å². The minimum Gasteiger partial charge on any atom is -0.446 e. The molecule has 0 bridgehead atoms. The third-order valence-corrected chi connectivity index (χ3v) is 3.49. The molecule has 21 heavy (non-hydrogen) atoms. The summed E-state index contributed by atoms with van der Waals surface area (Å²) in [4.78, 5) is 15.4. The van der Waals surface area contributed by atoms with Gasteiger partial charge in [0, 0.05) is 12.4 Å². The van der Waals surface area contributed by atoms with E-state index in [4.69, 9.17) is 9.47 Å². The van der Waals surface area contributed by atoms with Gasteiger partial charge < -0.3 is 24.8 Å². The van der Waals surface area contributed by atoms with E-state index in [1.54, 1.807) is 0 Å². The zero-order valence-corrected chi connectivity index (χ0v) is 11.9. The van der Waals surface area contributed by atoms with Gasteiger partial charge in [0.15, 0.2) is 0 Å². The molecule has 0 spiro atoms. The predicted molar refractivity (Wildman–Crippen MR) is 70.5 cm³/mol. The molecule has 5 atom stereocenters. The van der Waals surface area contributed by atoms with Crippen LogP contribution in [0.4, 0.5) is 4.79 Å². The van der Waals surface area contributed by atoms with Gasteiger partial charge >= 0.3 is 6.09 Å². The standard InChI is InChI=1S/C13H20N2O6/c1-7(2)12-11(18)10(17)9(16)8(21-12)5-20-13(19)15-4-3-14-6-15/h3-4,6-12,16-18H,5H2,1-2H3. The lowest BCUT2D eigenvalue weighted by molar-refractivity contribution is -0.238. The number of carbonyl (C=O) groups is 1. The van der Waals surface area contributed by atoms with Crippen LogP contribution in [0.2, 0.25) is 0 Å². The largest absolute Gasteiger partial charge is 0.446 e. The lowest BCUT2D eigenvalue weighted by Crippen LogP contribution is -2.60. The second-order valence-electron chi connectivity index (χ2n) is 5.40. The number of aromatic nitrogens is 2. The highest BCUT2D eigenvalue weighted by Crippen LogP contribution is 2.26. The number of aliphatic hydroxyl groups is 3. The molecule has 0 radical (unpaired) electrons. The first-order chi connectivity index (χ1) is 9.91. The van der Waals surface area contributed by atoms with Crippen molar-refractivity contribution in [2.45, 2.75) is 44.4 Å². The van der Waals surface area contributed by atoms with Crippen molar-refractivity contribution in [3.8, 4) is 0 Å². The quantitative estimate of drug-likeness (QED) is 0.681. The Balaban J connectivity index is 1.97. The lowest BCUT2D eigenvalue weighted by Gasteiger charge is -2.42. The highest BCUT2D eigenvalue weighted by atomic mass is 16.6. The minimum absolute atomic E-state index is 0.0611. The van der Waals surface area contributed by atoms with E-state index >= 15 is 0 Å². The summed E-state index contributed by atoms with van der Waals surface area (Å²) in [7, 11) is 0. The lowest BCUT2D eigenvalue weighted by atomic mass is 9.89. The normalized spacial score (nSPS) is 33.1. The molecule has 1 saturated heterocycles. The Kier molecular flexibility index (Phi) is 4.94. The highest BCUT2D eigenvalue weighted by Gasteiger charge is 2.45. The van der Waals surface area contributed by atoms with Gasteiger partial charge in [-0.2, -0.15) is 0 Å². The van der Waals surface area contributed by atoms with E-state index < -0.39 is 36.6 Å². The maximum Gasteiger partial charge on any atom is 0.419 e. The van der Waals surface area contributed by atoms with Gasteiger partial charge in [-0.05, 0) is 5.92 Å². The molecule has 1 aromatic rings. The molecular formula is C13H20N2O6. The second kappa shape index (κ2) is 6.52. The van der Waals surface area contributed by atoms with E-state index in [-0.39, 0.29) is 12.5 Å². The molecule has 0 amide bonds. The Hall–Kier alpha value is -1.48. The summed E-state index contributed by atoms with van der Waals surface area (Å²) in [5.41, 5.74) is 0. The van der Waals surface area contributed by atoms with Crippen LogP contribution in [-0.4, -0.2) is 68.1 Å². The van der Waals surface area contributed by atoms with Crippen LogP contribution in [0.1, 0.15) is 13.8 Å². The summed E-state index contributed by atoms with van der Waals surface area (Å²) < 4.78 is 11.7. The van der Waals surface area contributed by atoms with Crippen LogP contribution in [0.15, 0.2) is 18.7 Å². The number of hydrogen-bond donors (Lipinski definition) is 3. The van der Waals surface area contributed by atoms with E-state index in [1.807, 2.05) is 13.8 Å². The molecule has 2 heterocycles. The molecule has 0 aliphatic carbocycles. The van der Waals surface area contributed by atoms with Gasteiger partial charge in [0.2, 0.25) is 0 Å². The molecule has 1 aromatic heterocycles. The van der Waals surface area contributed by atoms with Crippen LogP contribution in [0.3, 0.4) is 0 Å². The summed E-state index contributed by atoms with van der Waals surface area (Å²) in [5, 5.41) is 29.6. The van der Waals surface area contributed by atoms with Gasteiger partial charge in [0.25, 0.3) is 0 Å². The number of aliphatic hydroxyl groups excluding tert-OH is 3. The van der Waals surface area contributed by atoms with Gasteiger partial charge in [-0.25, -0.2) is 14.3 Å². The Labute approximate surface area is 121 Å². The Bertz CT molecular complexity index is 463. The van der Waals surface area contributed by atoms with Crippen LogP contribution >= 0.6 is 0 Å². The zero-order valence-electron chi connectivity index (χ0n) is 11.9. The molecular weight excluding hydrogens is 280 g/mol. The van der Waals surface area contributed by atoms with E-state index in [1.165, 1.54) is 18.7 Å². The SMILES string of the molecule is CC(C)C1OC(COC(=O)n2ccnc2)C(O)C(O)C1O. The number of hydrogen-bond acceptors (Lipinski definition) is 7. The van der Waals surface area contributed by atoms with Gasteiger partial charge in [0.1, 0.15) is 37.4 Å². The van der Waals surface area contributed by atoms with Gasteiger partial charge in [-0.15, -0.1) is 0 Å². The van der Waals surface area contributed by atoms with Crippen molar-refractivity contribution in [2.75, 3.05) is 6.61 Å². The van der Waals surface area contributed by atoms with E-state index in [2.05, 4.69) is 4.98 Å². The molecule has 1 aliphatic heterocycles. The fourth-order valence-electron chi connectivity index (χ4n) is 2.26. The maximum absolute atomic E-state index is 11.7. The fourth-order valence-corrected chi connectivity index (χ4v) is 2.26. The molecule has 8 heteroatoms. The van der Waals surface area contributed by atoms with E-state index in [0.29, 0.717) is 0 Å². The van der Waals surface area contributed by atoms with Gasteiger partial charge in [-0.1, -0.05) is 13.8 Å². The average molecular weight is 300 g/mol. The Morgan fingerprint density at radius 2 is 2.05 bits per heavy atom. The van der Waals surface area contributed by atoms with Gasteiger partial charge in [-0.3, -0.25) is 0 Å². The number of nitrogens with zero attached hydrogens (tertiary/aromatic N) is 2. The smallest absolute Gasteiger partial charge is 0.419 e. The molecule has 2 rings (SSSR count). The van der Waals surface area contributed by atoms with Crippen molar-refractivity contribution in [2.24, 2.45) is 5.92 Å². The first-order valence-corrected chi connectivity index (χ1v) is 6.76. The second-order valence-corrected chi connectivity index (χ2v) is 5.40. The number of imidazole rings is 1. The zero-order chi connectivity index (χ0) is 15.6. The molecule has 0 aromatic carbocycles. The third kappa shape index (κ3) is 3.41. The van der Waals surface area contributed by atoms with Crippen molar-refractivity contribution in [3.63, 3.8) is 0 Å². The summed E-state index contributed by atoms with van der Waals surface area (Å²) in [6, 6.07) is 0. The molecule has 0 saturated carbocycles. The van der Waals surface area contributed by atoms with Gasteiger partial charge in [0.05, 0.1) is 6.10 Å². The molecule has 3 N–H and O–H groups in total. The first-order valence-electron chi connectivity index (χ1n) is 6.76. The summed E-state index contributed by atoms with van der Waals surface area (Å²) in [6.07, 6.45) is -1.91. The van der Waals surface area contributed by atoms with Crippen molar-refractivity contribution in [1.82, 2.24) is 9.55 Å². The molecule has 1 fully saturated rings. The van der Waals surface area contributed by atoms with Crippen LogP contribution in [-0.2, 0) is 9.47 Å². The number of ether oxygens (including phenoxy) is 2. The molecule has 5 unspecified atom stereocenters. The maximum atomic E-state index is 11.7. The summed E-state index contributed by atoms with van der Waals surface area (Å²) >= 11 is 0. The van der Waals surface area contributed by atoms with Crippen molar-refractivity contribution >= 4 is 6.09 Å². The molecule has 8 nitrogen and oxygen atoms in total. The predicted octanol–water partition coefficient (Wildman–Crippen LogP) is -0.626.